The van der Waals surface area contributed by atoms with Crippen LogP contribution in [0.25, 0.3) is 22.6 Å². The van der Waals surface area contributed by atoms with Crippen LogP contribution in [0.2, 0.25) is 0 Å². The SMILES string of the molecule is CCn1c(-c2c(C)nsc2NC)nc2cccnc21. The lowest BCUT2D eigenvalue weighted by atomic mass is 10.2. The molecule has 0 aliphatic carbocycles. The van der Waals surface area contributed by atoms with Gasteiger partial charge in [-0.05, 0) is 37.5 Å². The quantitative estimate of drug-likeness (QED) is 0.797. The number of anilines is 1. The fourth-order valence-electron chi connectivity index (χ4n) is 2.25. The molecule has 3 aromatic rings. The molecule has 3 heterocycles. The van der Waals surface area contributed by atoms with Gasteiger partial charge in [0.05, 0.1) is 11.3 Å². The summed E-state index contributed by atoms with van der Waals surface area (Å²) in [6.45, 7) is 4.95. The van der Waals surface area contributed by atoms with E-state index in [0.29, 0.717) is 0 Å². The molecule has 0 atom stereocenters. The second-order valence-corrected chi connectivity index (χ2v) is 5.02. The van der Waals surface area contributed by atoms with E-state index < -0.39 is 0 Å². The number of hydrogen-bond donors (Lipinski definition) is 1. The first-order valence-corrected chi connectivity index (χ1v) is 6.99. The topological polar surface area (TPSA) is 55.6 Å². The van der Waals surface area contributed by atoms with Gasteiger partial charge in [0.25, 0.3) is 0 Å². The van der Waals surface area contributed by atoms with Crippen molar-refractivity contribution < 1.29 is 0 Å². The molecule has 0 aliphatic heterocycles. The Morgan fingerprint density at radius 1 is 1.42 bits per heavy atom. The normalized spacial score (nSPS) is 11.1. The Bertz CT molecular complexity index is 728. The Balaban J connectivity index is 2.33. The summed E-state index contributed by atoms with van der Waals surface area (Å²) in [4.78, 5) is 9.15. The monoisotopic (exact) mass is 273 g/mol. The number of nitrogens with one attached hydrogen (secondary N) is 1. The van der Waals surface area contributed by atoms with Crippen LogP contribution in [0.1, 0.15) is 12.6 Å². The van der Waals surface area contributed by atoms with Crippen LogP contribution < -0.4 is 5.32 Å². The summed E-state index contributed by atoms with van der Waals surface area (Å²) in [5.74, 6) is 0.937. The average Bonchev–Trinajstić information content (AvgIpc) is 2.97. The van der Waals surface area contributed by atoms with Crippen LogP contribution in [0.5, 0.6) is 0 Å². The summed E-state index contributed by atoms with van der Waals surface area (Å²) in [5.41, 5.74) is 3.92. The second kappa shape index (κ2) is 4.62. The van der Waals surface area contributed by atoms with Crippen molar-refractivity contribution in [3.05, 3.63) is 24.0 Å². The average molecular weight is 273 g/mol. The fraction of sp³-hybridized carbons (Fsp3) is 0.308. The number of nitrogens with zero attached hydrogens (tertiary/aromatic N) is 4. The van der Waals surface area contributed by atoms with E-state index >= 15 is 0 Å². The molecule has 0 aromatic carbocycles. The number of hydrogen-bond acceptors (Lipinski definition) is 5. The molecule has 0 spiro atoms. The maximum atomic E-state index is 4.72. The molecule has 0 fully saturated rings. The maximum Gasteiger partial charge on any atom is 0.160 e. The highest BCUT2D eigenvalue weighted by molar-refractivity contribution is 7.10. The van der Waals surface area contributed by atoms with Gasteiger partial charge in [0.15, 0.2) is 5.65 Å². The van der Waals surface area contributed by atoms with Crippen LogP contribution in [0.3, 0.4) is 0 Å². The first kappa shape index (κ1) is 12.1. The van der Waals surface area contributed by atoms with Gasteiger partial charge in [-0.1, -0.05) is 0 Å². The molecule has 6 heteroatoms. The molecule has 3 aromatic heterocycles. The largest absolute Gasteiger partial charge is 0.378 e. The predicted molar refractivity (Wildman–Crippen MR) is 78.6 cm³/mol. The summed E-state index contributed by atoms with van der Waals surface area (Å²) in [6, 6.07) is 3.91. The van der Waals surface area contributed by atoms with Crippen LogP contribution in [-0.2, 0) is 6.54 Å². The minimum Gasteiger partial charge on any atom is -0.378 e. The molecule has 0 radical (unpaired) electrons. The van der Waals surface area contributed by atoms with Crippen molar-refractivity contribution >= 4 is 27.7 Å². The number of rotatable bonds is 3. The van der Waals surface area contributed by atoms with Crippen molar-refractivity contribution in [2.75, 3.05) is 12.4 Å². The Morgan fingerprint density at radius 2 is 2.26 bits per heavy atom. The van der Waals surface area contributed by atoms with Crippen molar-refractivity contribution in [3.63, 3.8) is 0 Å². The molecular weight excluding hydrogens is 258 g/mol. The van der Waals surface area contributed by atoms with Crippen molar-refractivity contribution in [1.82, 2.24) is 18.9 Å². The molecule has 3 rings (SSSR count). The zero-order valence-electron chi connectivity index (χ0n) is 11.1. The highest BCUT2D eigenvalue weighted by Gasteiger charge is 2.19. The van der Waals surface area contributed by atoms with E-state index in [0.717, 1.165) is 39.8 Å². The third-order valence-corrected chi connectivity index (χ3v) is 4.09. The fourth-order valence-corrected chi connectivity index (χ4v) is 2.99. The van der Waals surface area contributed by atoms with Crippen molar-refractivity contribution in [2.45, 2.75) is 20.4 Å². The van der Waals surface area contributed by atoms with Crippen molar-refractivity contribution in [2.24, 2.45) is 0 Å². The van der Waals surface area contributed by atoms with E-state index in [1.54, 1.807) is 6.20 Å². The Labute approximate surface area is 115 Å². The van der Waals surface area contributed by atoms with Gasteiger partial charge >= 0.3 is 0 Å². The summed E-state index contributed by atoms with van der Waals surface area (Å²) in [7, 11) is 1.91. The van der Waals surface area contributed by atoms with E-state index in [1.807, 2.05) is 26.1 Å². The van der Waals surface area contributed by atoms with Gasteiger partial charge in [-0.25, -0.2) is 9.97 Å². The molecule has 0 amide bonds. The zero-order chi connectivity index (χ0) is 13.4. The lowest BCUT2D eigenvalue weighted by molar-refractivity contribution is 0.787. The number of imidazole rings is 1. The van der Waals surface area contributed by atoms with Gasteiger partial charge in [0.1, 0.15) is 16.3 Å². The van der Waals surface area contributed by atoms with E-state index in [9.17, 15) is 0 Å². The molecule has 0 saturated carbocycles. The predicted octanol–water partition coefficient (Wildman–Crippen LogP) is 2.92. The number of aryl methyl sites for hydroxylation is 2. The third kappa shape index (κ3) is 1.79. The molecule has 0 bridgehead atoms. The number of pyridine rings is 1. The van der Waals surface area contributed by atoms with Crippen LogP contribution >= 0.6 is 11.5 Å². The van der Waals surface area contributed by atoms with Gasteiger partial charge in [-0.15, -0.1) is 0 Å². The van der Waals surface area contributed by atoms with Gasteiger partial charge in [0, 0.05) is 19.8 Å². The molecule has 1 N–H and O–H groups in total. The molecule has 98 valence electrons. The Kier molecular flexibility index (Phi) is 2.94. The smallest absolute Gasteiger partial charge is 0.160 e. The number of aromatic nitrogens is 4. The molecule has 0 saturated heterocycles. The van der Waals surface area contributed by atoms with Gasteiger partial charge in [-0.2, -0.15) is 4.37 Å². The second-order valence-electron chi connectivity index (χ2n) is 4.25. The molecule has 0 unspecified atom stereocenters. The number of fused-ring (bicyclic) bond motifs is 1. The maximum absolute atomic E-state index is 4.72. The van der Waals surface area contributed by atoms with Crippen molar-refractivity contribution in [3.8, 4) is 11.4 Å². The van der Waals surface area contributed by atoms with E-state index in [1.165, 1.54) is 11.5 Å². The van der Waals surface area contributed by atoms with Gasteiger partial charge in [-0.3, -0.25) is 0 Å². The van der Waals surface area contributed by atoms with Gasteiger partial charge in [0.2, 0.25) is 0 Å². The Hall–Kier alpha value is -1.95. The summed E-state index contributed by atoms with van der Waals surface area (Å²) < 4.78 is 6.55. The minimum absolute atomic E-state index is 0.835. The molecule has 19 heavy (non-hydrogen) atoms. The van der Waals surface area contributed by atoms with Crippen LogP contribution in [0, 0.1) is 6.92 Å². The molecular formula is C13H15N5S. The van der Waals surface area contributed by atoms with Crippen molar-refractivity contribution in [1.29, 1.82) is 0 Å². The first-order chi connectivity index (χ1) is 9.26. The minimum atomic E-state index is 0.835. The van der Waals surface area contributed by atoms with Crippen LogP contribution in [-0.4, -0.2) is 26.0 Å². The lowest BCUT2D eigenvalue weighted by Gasteiger charge is -2.06. The summed E-state index contributed by atoms with van der Waals surface area (Å²) in [5, 5.41) is 4.24. The molecule has 0 aliphatic rings. The van der Waals surface area contributed by atoms with E-state index in [2.05, 4.69) is 26.2 Å². The standard InChI is InChI=1S/C13H15N5S/c1-4-18-11-9(6-5-7-15-11)16-12(18)10-8(2)17-19-13(10)14-3/h5-7,14H,4H2,1-3H3. The zero-order valence-corrected chi connectivity index (χ0v) is 12.0. The summed E-state index contributed by atoms with van der Waals surface area (Å²) in [6.07, 6.45) is 1.80. The van der Waals surface area contributed by atoms with E-state index in [-0.39, 0.29) is 0 Å². The Morgan fingerprint density at radius 3 is 3.00 bits per heavy atom. The third-order valence-electron chi connectivity index (χ3n) is 3.13. The van der Waals surface area contributed by atoms with Crippen LogP contribution in [0.15, 0.2) is 18.3 Å². The highest BCUT2D eigenvalue weighted by atomic mass is 32.1. The first-order valence-electron chi connectivity index (χ1n) is 6.22. The summed E-state index contributed by atoms with van der Waals surface area (Å²) >= 11 is 1.47. The molecule has 5 nitrogen and oxygen atoms in total. The van der Waals surface area contributed by atoms with Gasteiger partial charge < -0.3 is 9.88 Å². The lowest BCUT2D eigenvalue weighted by Crippen LogP contribution is -2.00. The van der Waals surface area contributed by atoms with Crippen LogP contribution in [0.4, 0.5) is 5.00 Å². The van der Waals surface area contributed by atoms with E-state index in [4.69, 9.17) is 4.98 Å². The highest BCUT2D eigenvalue weighted by Crippen LogP contribution is 2.35.